The summed E-state index contributed by atoms with van der Waals surface area (Å²) in [7, 11) is 0. The summed E-state index contributed by atoms with van der Waals surface area (Å²) in [5, 5.41) is 10.5. The van der Waals surface area contributed by atoms with Crippen molar-refractivity contribution < 1.29 is 9.90 Å². The maximum atomic E-state index is 11.2. The Balaban J connectivity index is 2.75. The Bertz CT molecular complexity index is 613. The number of carboxylic acids is 1. The van der Waals surface area contributed by atoms with Gasteiger partial charge in [0, 0.05) is 22.6 Å². The molecule has 0 amide bonds. The Labute approximate surface area is 109 Å². The molecular formula is C13H13ClN2O2. The first kappa shape index (κ1) is 12.8. The third kappa shape index (κ3) is 2.30. The fraction of sp³-hybridized carbons (Fsp3) is 0.231. The smallest absolute Gasteiger partial charge is 0.312 e. The Morgan fingerprint density at radius 2 is 2.22 bits per heavy atom. The molecule has 1 atom stereocenters. The summed E-state index contributed by atoms with van der Waals surface area (Å²) in [5.74, 6) is -1.68. The zero-order valence-corrected chi connectivity index (χ0v) is 10.6. The van der Waals surface area contributed by atoms with E-state index in [9.17, 15) is 9.90 Å². The lowest BCUT2D eigenvalue weighted by Crippen LogP contribution is -2.21. The van der Waals surface area contributed by atoms with Crippen molar-refractivity contribution in [3.8, 4) is 0 Å². The van der Waals surface area contributed by atoms with E-state index in [4.69, 9.17) is 17.3 Å². The van der Waals surface area contributed by atoms with Crippen LogP contribution in [-0.4, -0.2) is 22.6 Å². The molecule has 0 aliphatic rings. The number of rotatable bonds is 3. The highest BCUT2D eigenvalue weighted by Crippen LogP contribution is 2.27. The molecule has 2 aromatic rings. The summed E-state index contributed by atoms with van der Waals surface area (Å²) in [4.78, 5) is 15.6. The number of carbonyl (C=O) groups is 1. The number of fused-ring (bicyclic) bond motifs is 1. The molecule has 0 aliphatic carbocycles. The van der Waals surface area contributed by atoms with Crippen molar-refractivity contribution in [2.24, 2.45) is 5.73 Å². The average molecular weight is 265 g/mol. The molecular weight excluding hydrogens is 252 g/mol. The van der Waals surface area contributed by atoms with Gasteiger partial charge in [0.2, 0.25) is 0 Å². The number of pyridine rings is 1. The first-order valence-electron chi connectivity index (χ1n) is 5.52. The SMILES string of the molecule is Cc1cc(C(CN)C(=O)O)c2cc(Cl)ccc2n1. The number of benzene rings is 1. The molecule has 1 aromatic heterocycles. The highest BCUT2D eigenvalue weighted by atomic mass is 35.5. The third-order valence-electron chi connectivity index (χ3n) is 2.84. The van der Waals surface area contributed by atoms with Crippen LogP contribution in [0.3, 0.4) is 0 Å². The fourth-order valence-electron chi connectivity index (χ4n) is 2.01. The number of hydrogen-bond donors (Lipinski definition) is 2. The van der Waals surface area contributed by atoms with Crippen LogP contribution in [0.1, 0.15) is 17.2 Å². The molecule has 0 saturated heterocycles. The number of halogens is 1. The average Bonchev–Trinajstić information content (AvgIpc) is 2.30. The largest absolute Gasteiger partial charge is 0.481 e. The Morgan fingerprint density at radius 3 is 2.83 bits per heavy atom. The number of aromatic nitrogens is 1. The zero-order chi connectivity index (χ0) is 13.3. The second-order valence-corrected chi connectivity index (χ2v) is 4.58. The molecule has 0 bridgehead atoms. The molecule has 0 fully saturated rings. The molecule has 2 rings (SSSR count). The van der Waals surface area contributed by atoms with E-state index in [0.717, 1.165) is 16.6 Å². The molecule has 0 saturated carbocycles. The van der Waals surface area contributed by atoms with Gasteiger partial charge in [-0.3, -0.25) is 9.78 Å². The van der Waals surface area contributed by atoms with Gasteiger partial charge in [-0.15, -0.1) is 0 Å². The summed E-state index contributed by atoms with van der Waals surface area (Å²) in [6.07, 6.45) is 0. The minimum Gasteiger partial charge on any atom is -0.481 e. The third-order valence-corrected chi connectivity index (χ3v) is 3.08. The summed E-state index contributed by atoms with van der Waals surface area (Å²) < 4.78 is 0. The maximum Gasteiger partial charge on any atom is 0.312 e. The second kappa shape index (κ2) is 4.92. The zero-order valence-electron chi connectivity index (χ0n) is 9.85. The molecule has 1 aromatic carbocycles. The van der Waals surface area contributed by atoms with Crippen LogP contribution in [0, 0.1) is 6.92 Å². The first-order valence-corrected chi connectivity index (χ1v) is 5.90. The lowest BCUT2D eigenvalue weighted by molar-refractivity contribution is -0.138. The molecule has 3 N–H and O–H groups in total. The number of carboxylic acid groups (broad SMARTS) is 1. The van der Waals surface area contributed by atoms with Crippen LogP contribution in [-0.2, 0) is 4.79 Å². The first-order chi connectivity index (χ1) is 8.52. The minimum absolute atomic E-state index is 0.0421. The van der Waals surface area contributed by atoms with E-state index in [-0.39, 0.29) is 6.54 Å². The second-order valence-electron chi connectivity index (χ2n) is 4.14. The summed E-state index contributed by atoms with van der Waals surface area (Å²) in [5.41, 5.74) is 7.71. The van der Waals surface area contributed by atoms with Crippen LogP contribution in [0.5, 0.6) is 0 Å². The van der Waals surface area contributed by atoms with Crippen molar-refractivity contribution in [3.63, 3.8) is 0 Å². The summed E-state index contributed by atoms with van der Waals surface area (Å²) in [6, 6.07) is 7.00. The van der Waals surface area contributed by atoms with Crippen LogP contribution < -0.4 is 5.73 Å². The predicted octanol–water partition coefficient (Wildman–Crippen LogP) is 2.32. The Hall–Kier alpha value is -1.65. The number of aliphatic carboxylic acids is 1. The summed E-state index contributed by atoms with van der Waals surface area (Å²) in [6.45, 7) is 1.87. The van der Waals surface area contributed by atoms with Gasteiger partial charge in [0.05, 0.1) is 11.4 Å². The van der Waals surface area contributed by atoms with Crippen molar-refractivity contribution >= 4 is 28.5 Å². The number of hydrogen-bond acceptors (Lipinski definition) is 3. The van der Waals surface area contributed by atoms with Crippen molar-refractivity contribution in [2.75, 3.05) is 6.54 Å². The molecule has 18 heavy (non-hydrogen) atoms. The van der Waals surface area contributed by atoms with E-state index in [1.165, 1.54) is 0 Å². The van der Waals surface area contributed by atoms with Crippen LogP contribution in [0.25, 0.3) is 10.9 Å². The van der Waals surface area contributed by atoms with Gasteiger partial charge in [0.1, 0.15) is 0 Å². The monoisotopic (exact) mass is 264 g/mol. The quantitative estimate of drug-likeness (QED) is 0.892. The lowest BCUT2D eigenvalue weighted by Gasteiger charge is -2.14. The predicted molar refractivity (Wildman–Crippen MR) is 70.9 cm³/mol. The standard InChI is InChI=1S/C13H13ClN2O2/c1-7-4-9(11(6-15)13(17)18)10-5-8(14)2-3-12(10)16-7/h2-5,11H,6,15H2,1H3,(H,17,18). The van der Waals surface area contributed by atoms with Gasteiger partial charge in [-0.25, -0.2) is 0 Å². The van der Waals surface area contributed by atoms with Gasteiger partial charge in [0.25, 0.3) is 0 Å². The molecule has 5 heteroatoms. The van der Waals surface area contributed by atoms with E-state index in [0.29, 0.717) is 10.6 Å². The van der Waals surface area contributed by atoms with Crippen LogP contribution in [0.2, 0.25) is 5.02 Å². The van der Waals surface area contributed by atoms with E-state index < -0.39 is 11.9 Å². The van der Waals surface area contributed by atoms with Gasteiger partial charge in [-0.1, -0.05) is 11.6 Å². The lowest BCUT2D eigenvalue weighted by atomic mass is 9.95. The van der Waals surface area contributed by atoms with E-state index in [2.05, 4.69) is 4.98 Å². The van der Waals surface area contributed by atoms with Gasteiger partial charge >= 0.3 is 5.97 Å². The van der Waals surface area contributed by atoms with Crippen molar-refractivity contribution in [2.45, 2.75) is 12.8 Å². The van der Waals surface area contributed by atoms with Gasteiger partial charge in [0.15, 0.2) is 0 Å². The van der Waals surface area contributed by atoms with Crippen molar-refractivity contribution in [1.29, 1.82) is 0 Å². The fourth-order valence-corrected chi connectivity index (χ4v) is 2.18. The topological polar surface area (TPSA) is 76.2 Å². The van der Waals surface area contributed by atoms with E-state index >= 15 is 0 Å². The Morgan fingerprint density at radius 1 is 1.50 bits per heavy atom. The molecule has 1 heterocycles. The number of aryl methyl sites for hydroxylation is 1. The van der Waals surface area contributed by atoms with Gasteiger partial charge < -0.3 is 10.8 Å². The summed E-state index contributed by atoms with van der Waals surface area (Å²) >= 11 is 5.95. The van der Waals surface area contributed by atoms with Crippen molar-refractivity contribution in [1.82, 2.24) is 4.98 Å². The highest BCUT2D eigenvalue weighted by Gasteiger charge is 2.21. The number of nitrogens with two attached hydrogens (primary N) is 1. The van der Waals surface area contributed by atoms with Crippen LogP contribution >= 0.6 is 11.6 Å². The van der Waals surface area contributed by atoms with Crippen LogP contribution in [0.4, 0.5) is 0 Å². The molecule has 0 radical (unpaired) electrons. The molecule has 0 spiro atoms. The van der Waals surface area contributed by atoms with Gasteiger partial charge in [-0.05, 0) is 36.8 Å². The normalized spacial score (nSPS) is 12.6. The van der Waals surface area contributed by atoms with Crippen molar-refractivity contribution in [3.05, 3.63) is 40.5 Å². The maximum absolute atomic E-state index is 11.2. The minimum atomic E-state index is -0.940. The molecule has 1 unspecified atom stereocenters. The number of nitrogens with zero attached hydrogens (tertiary/aromatic N) is 1. The van der Waals surface area contributed by atoms with Crippen LogP contribution in [0.15, 0.2) is 24.3 Å². The molecule has 4 nitrogen and oxygen atoms in total. The molecule has 0 aliphatic heterocycles. The van der Waals surface area contributed by atoms with E-state index in [1.54, 1.807) is 24.3 Å². The highest BCUT2D eigenvalue weighted by molar-refractivity contribution is 6.31. The Kier molecular flexibility index (Phi) is 3.50. The van der Waals surface area contributed by atoms with Gasteiger partial charge in [-0.2, -0.15) is 0 Å². The molecule has 94 valence electrons. The van der Waals surface area contributed by atoms with E-state index in [1.807, 2.05) is 6.92 Å².